The van der Waals surface area contributed by atoms with Gasteiger partial charge in [-0.15, -0.1) is 0 Å². The van der Waals surface area contributed by atoms with Gasteiger partial charge in [-0.25, -0.2) is 14.4 Å². The minimum Gasteiger partial charge on any atom is -0.339 e. The van der Waals surface area contributed by atoms with Crippen LogP contribution in [0.5, 0.6) is 0 Å². The third kappa shape index (κ3) is 3.01. The maximum absolute atomic E-state index is 12.6. The van der Waals surface area contributed by atoms with E-state index in [1.54, 1.807) is 24.5 Å². The molecule has 0 amide bonds. The van der Waals surface area contributed by atoms with Crippen LogP contribution in [-0.4, -0.2) is 19.5 Å². The Morgan fingerprint density at radius 3 is 2.58 bits per heavy atom. The van der Waals surface area contributed by atoms with E-state index in [1.807, 2.05) is 35.8 Å². The molecule has 130 valence electrons. The summed E-state index contributed by atoms with van der Waals surface area (Å²) in [6, 6.07) is 13.3. The Kier molecular flexibility index (Phi) is 4.08. The average molecular weight is 347 g/mol. The van der Waals surface area contributed by atoms with Gasteiger partial charge < -0.3 is 5.32 Å². The highest BCUT2D eigenvalue weighted by atomic mass is 19.1. The molecule has 0 spiro atoms. The normalized spacial score (nSPS) is 11.0. The minimum atomic E-state index is -0.470. The SMILES string of the molecule is Cc1ccc2nc(C)n(-c3cncc(Nc4ccc(CF)cc4)n3)c2c1. The number of nitrogens with zero attached hydrogens (tertiary/aromatic N) is 4. The molecule has 0 radical (unpaired) electrons. The van der Waals surface area contributed by atoms with Crippen LogP contribution in [0.15, 0.2) is 54.9 Å². The van der Waals surface area contributed by atoms with Crippen molar-refractivity contribution in [3.63, 3.8) is 0 Å². The van der Waals surface area contributed by atoms with Crippen LogP contribution in [0.2, 0.25) is 0 Å². The third-order valence-electron chi connectivity index (χ3n) is 4.21. The van der Waals surface area contributed by atoms with Crippen molar-refractivity contribution in [2.45, 2.75) is 20.5 Å². The molecule has 2 aromatic carbocycles. The summed E-state index contributed by atoms with van der Waals surface area (Å²) in [6.45, 7) is 3.53. The van der Waals surface area contributed by atoms with Gasteiger partial charge in [-0.3, -0.25) is 9.55 Å². The van der Waals surface area contributed by atoms with Gasteiger partial charge in [0, 0.05) is 5.69 Å². The average Bonchev–Trinajstić information content (AvgIpc) is 2.97. The zero-order valence-electron chi connectivity index (χ0n) is 14.6. The highest BCUT2D eigenvalue weighted by Crippen LogP contribution is 2.22. The second kappa shape index (κ2) is 6.55. The molecule has 0 aliphatic carbocycles. The van der Waals surface area contributed by atoms with Crippen molar-refractivity contribution < 1.29 is 4.39 Å². The van der Waals surface area contributed by atoms with Gasteiger partial charge in [0.2, 0.25) is 0 Å². The minimum absolute atomic E-state index is 0.470. The van der Waals surface area contributed by atoms with Crippen molar-refractivity contribution in [1.29, 1.82) is 0 Å². The van der Waals surface area contributed by atoms with Crippen molar-refractivity contribution >= 4 is 22.5 Å². The standard InChI is InChI=1S/C20H18FN5/c1-13-3-8-17-18(9-13)26(14(2)23-17)20-12-22-11-19(25-20)24-16-6-4-15(10-21)5-7-16/h3-9,11-12H,10H2,1-2H3,(H,24,25). The second-order valence-corrected chi connectivity index (χ2v) is 6.20. The maximum atomic E-state index is 12.6. The molecule has 0 saturated carbocycles. The van der Waals surface area contributed by atoms with E-state index < -0.39 is 6.67 Å². The zero-order valence-corrected chi connectivity index (χ0v) is 14.6. The van der Waals surface area contributed by atoms with Gasteiger partial charge in [0.15, 0.2) is 11.6 Å². The largest absolute Gasteiger partial charge is 0.339 e. The van der Waals surface area contributed by atoms with Gasteiger partial charge in [0.05, 0.1) is 23.4 Å². The summed E-state index contributed by atoms with van der Waals surface area (Å²) in [5.41, 5.74) is 4.56. The molecule has 2 heterocycles. The lowest BCUT2D eigenvalue weighted by atomic mass is 10.2. The number of imidazole rings is 1. The van der Waals surface area contributed by atoms with Crippen molar-refractivity contribution in [2.24, 2.45) is 0 Å². The van der Waals surface area contributed by atoms with Crippen molar-refractivity contribution in [3.05, 3.63) is 71.8 Å². The van der Waals surface area contributed by atoms with E-state index in [1.165, 1.54) is 0 Å². The van der Waals surface area contributed by atoms with Crippen LogP contribution in [0.4, 0.5) is 15.9 Å². The lowest BCUT2D eigenvalue weighted by Gasteiger charge is -2.10. The van der Waals surface area contributed by atoms with Crippen molar-refractivity contribution in [3.8, 4) is 5.82 Å². The van der Waals surface area contributed by atoms with E-state index in [4.69, 9.17) is 0 Å². The number of rotatable bonds is 4. The highest BCUT2D eigenvalue weighted by Gasteiger charge is 2.11. The molecule has 0 aliphatic rings. The van der Waals surface area contributed by atoms with Crippen LogP contribution in [0.3, 0.4) is 0 Å². The molecular weight excluding hydrogens is 329 g/mol. The number of alkyl halides is 1. The van der Waals surface area contributed by atoms with E-state index in [-0.39, 0.29) is 0 Å². The van der Waals surface area contributed by atoms with E-state index in [9.17, 15) is 4.39 Å². The van der Waals surface area contributed by atoms with Gasteiger partial charge in [0.25, 0.3) is 0 Å². The Labute approximate surface area is 150 Å². The Morgan fingerprint density at radius 1 is 1.00 bits per heavy atom. The number of fused-ring (bicyclic) bond motifs is 1. The molecule has 0 fully saturated rings. The predicted molar refractivity (Wildman–Crippen MR) is 101 cm³/mol. The van der Waals surface area contributed by atoms with Gasteiger partial charge in [-0.1, -0.05) is 18.2 Å². The molecule has 0 bridgehead atoms. The Hall–Kier alpha value is -3.28. The number of aromatic nitrogens is 4. The molecule has 4 rings (SSSR count). The van der Waals surface area contributed by atoms with Crippen LogP contribution >= 0.6 is 0 Å². The first-order valence-electron chi connectivity index (χ1n) is 8.34. The molecule has 1 N–H and O–H groups in total. The maximum Gasteiger partial charge on any atom is 0.159 e. The molecule has 0 unspecified atom stereocenters. The summed E-state index contributed by atoms with van der Waals surface area (Å²) in [4.78, 5) is 13.6. The topological polar surface area (TPSA) is 55.6 Å². The number of hydrogen-bond donors (Lipinski definition) is 1. The van der Waals surface area contributed by atoms with Crippen molar-refractivity contribution in [1.82, 2.24) is 19.5 Å². The monoisotopic (exact) mass is 347 g/mol. The van der Waals surface area contributed by atoms with E-state index in [0.717, 1.165) is 28.1 Å². The van der Waals surface area contributed by atoms with Gasteiger partial charge in [-0.05, 0) is 49.2 Å². The second-order valence-electron chi connectivity index (χ2n) is 6.20. The summed E-state index contributed by atoms with van der Waals surface area (Å²) < 4.78 is 14.6. The summed E-state index contributed by atoms with van der Waals surface area (Å²) in [6.07, 6.45) is 3.38. The lowest BCUT2D eigenvalue weighted by Crippen LogP contribution is -2.03. The molecular formula is C20H18FN5. The fourth-order valence-corrected chi connectivity index (χ4v) is 2.94. The Balaban J connectivity index is 1.71. The van der Waals surface area contributed by atoms with Gasteiger partial charge >= 0.3 is 0 Å². The number of nitrogens with one attached hydrogen (secondary N) is 1. The summed E-state index contributed by atoms with van der Waals surface area (Å²) in [5, 5.41) is 3.21. The summed E-state index contributed by atoms with van der Waals surface area (Å²) in [5.74, 6) is 2.16. The number of anilines is 2. The molecule has 4 aromatic rings. The Morgan fingerprint density at radius 2 is 1.81 bits per heavy atom. The van der Waals surface area contributed by atoms with Gasteiger partial charge in [-0.2, -0.15) is 0 Å². The summed E-state index contributed by atoms with van der Waals surface area (Å²) in [7, 11) is 0. The van der Waals surface area contributed by atoms with Crippen LogP contribution in [0.25, 0.3) is 16.9 Å². The van der Waals surface area contributed by atoms with Crippen LogP contribution in [0, 0.1) is 13.8 Å². The fraction of sp³-hybridized carbons (Fsp3) is 0.150. The van der Waals surface area contributed by atoms with Crippen LogP contribution in [0.1, 0.15) is 17.0 Å². The van der Waals surface area contributed by atoms with Crippen LogP contribution < -0.4 is 5.32 Å². The van der Waals surface area contributed by atoms with E-state index >= 15 is 0 Å². The molecule has 26 heavy (non-hydrogen) atoms. The Bertz CT molecular complexity index is 1070. The highest BCUT2D eigenvalue weighted by molar-refractivity contribution is 5.78. The van der Waals surface area contributed by atoms with Crippen LogP contribution in [-0.2, 0) is 6.67 Å². The fourth-order valence-electron chi connectivity index (χ4n) is 2.94. The molecule has 0 saturated heterocycles. The lowest BCUT2D eigenvalue weighted by molar-refractivity contribution is 0.485. The predicted octanol–water partition coefficient (Wildman–Crippen LogP) is 4.65. The molecule has 2 aromatic heterocycles. The molecule has 5 nitrogen and oxygen atoms in total. The zero-order chi connectivity index (χ0) is 18.1. The first kappa shape index (κ1) is 16.2. The number of aryl methyl sites for hydroxylation is 2. The number of hydrogen-bond acceptors (Lipinski definition) is 4. The third-order valence-corrected chi connectivity index (χ3v) is 4.21. The molecule has 0 aliphatic heterocycles. The number of halogens is 1. The quantitative estimate of drug-likeness (QED) is 0.584. The first-order chi connectivity index (χ1) is 12.6. The first-order valence-corrected chi connectivity index (χ1v) is 8.34. The molecule has 6 heteroatoms. The van der Waals surface area contributed by atoms with E-state index in [2.05, 4.69) is 33.3 Å². The van der Waals surface area contributed by atoms with Gasteiger partial charge in [0.1, 0.15) is 12.5 Å². The van der Waals surface area contributed by atoms with Crippen molar-refractivity contribution in [2.75, 3.05) is 5.32 Å². The number of benzene rings is 2. The summed E-state index contributed by atoms with van der Waals surface area (Å²) >= 11 is 0. The smallest absolute Gasteiger partial charge is 0.159 e. The van der Waals surface area contributed by atoms with E-state index in [0.29, 0.717) is 17.2 Å². The molecule has 0 atom stereocenters.